The summed E-state index contributed by atoms with van der Waals surface area (Å²) in [6, 6.07) is 5.19. The van der Waals surface area contributed by atoms with Crippen molar-refractivity contribution in [2.24, 2.45) is 0 Å². The lowest BCUT2D eigenvalue weighted by molar-refractivity contribution is 0.222. The van der Waals surface area contributed by atoms with Crippen LogP contribution in [0, 0.1) is 0 Å². The molecule has 0 radical (unpaired) electrons. The van der Waals surface area contributed by atoms with Crippen molar-refractivity contribution in [3.63, 3.8) is 0 Å². The maximum atomic E-state index is 12.1. The number of carbonyl (C=O) groups is 1. The van der Waals surface area contributed by atoms with Gasteiger partial charge in [-0.3, -0.25) is 0 Å². The van der Waals surface area contributed by atoms with Gasteiger partial charge in [-0.15, -0.1) is 0 Å². The van der Waals surface area contributed by atoms with Crippen molar-refractivity contribution in [2.45, 2.75) is 26.2 Å². The molecule has 1 aliphatic rings. The third-order valence-corrected chi connectivity index (χ3v) is 3.27. The Morgan fingerprint density at radius 3 is 2.84 bits per heavy atom. The van der Waals surface area contributed by atoms with Crippen molar-refractivity contribution in [3.05, 3.63) is 23.2 Å². The first-order valence-electron chi connectivity index (χ1n) is 6.69. The van der Waals surface area contributed by atoms with Crippen molar-refractivity contribution in [1.82, 2.24) is 4.90 Å². The number of amides is 2. The van der Waals surface area contributed by atoms with Gasteiger partial charge in [0, 0.05) is 18.1 Å². The second-order valence-electron chi connectivity index (χ2n) is 4.61. The van der Waals surface area contributed by atoms with E-state index in [0.29, 0.717) is 23.1 Å². The van der Waals surface area contributed by atoms with E-state index in [1.807, 2.05) is 11.8 Å². The number of nitrogens with zero attached hydrogens (tertiary/aromatic N) is 1. The molecule has 1 aromatic carbocycles. The summed E-state index contributed by atoms with van der Waals surface area (Å²) >= 11 is 5.97. The fourth-order valence-electron chi connectivity index (χ4n) is 2.05. The van der Waals surface area contributed by atoms with E-state index in [4.69, 9.17) is 16.3 Å². The summed E-state index contributed by atoms with van der Waals surface area (Å²) in [5, 5.41) is 3.46. The van der Waals surface area contributed by atoms with Crippen LogP contribution in [0.1, 0.15) is 26.2 Å². The van der Waals surface area contributed by atoms with Crippen molar-refractivity contribution in [1.29, 1.82) is 0 Å². The largest absolute Gasteiger partial charge is 0.491 e. The predicted molar refractivity (Wildman–Crippen MR) is 77.1 cm³/mol. The van der Waals surface area contributed by atoms with E-state index in [-0.39, 0.29) is 6.03 Å². The highest BCUT2D eigenvalue weighted by atomic mass is 35.5. The van der Waals surface area contributed by atoms with Crippen LogP contribution in [-0.2, 0) is 0 Å². The highest BCUT2D eigenvalue weighted by Gasteiger charge is 2.19. The molecule has 1 saturated heterocycles. The van der Waals surface area contributed by atoms with Crippen molar-refractivity contribution in [3.8, 4) is 5.75 Å². The van der Waals surface area contributed by atoms with Gasteiger partial charge in [-0.2, -0.15) is 0 Å². The molecule has 0 spiro atoms. The van der Waals surface area contributed by atoms with Gasteiger partial charge in [-0.05, 0) is 37.5 Å². The van der Waals surface area contributed by atoms with Crippen LogP contribution in [0.25, 0.3) is 0 Å². The normalized spacial score (nSPS) is 14.5. The molecule has 1 aliphatic heterocycles. The molecule has 1 heterocycles. The van der Waals surface area contributed by atoms with E-state index >= 15 is 0 Å². The number of likely N-dealkylation sites (tertiary alicyclic amines) is 1. The van der Waals surface area contributed by atoms with Gasteiger partial charge in [-0.25, -0.2) is 4.79 Å². The number of rotatable bonds is 4. The van der Waals surface area contributed by atoms with Crippen molar-refractivity contribution < 1.29 is 9.53 Å². The lowest BCUT2D eigenvalue weighted by Gasteiger charge is -2.18. The number of carbonyl (C=O) groups excluding carboxylic acids is 1. The third-order valence-electron chi connectivity index (χ3n) is 3.04. The van der Waals surface area contributed by atoms with Crippen molar-refractivity contribution in [2.75, 3.05) is 25.0 Å². The zero-order valence-corrected chi connectivity index (χ0v) is 11.9. The molecule has 4 nitrogen and oxygen atoms in total. The standard InChI is InChI=1S/C14H19ClN2O2/c1-2-9-19-13-6-5-11(15)10-12(13)16-14(18)17-7-3-4-8-17/h5-6,10H,2-4,7-9H2,1H3,(H,16,18). The van der Waals surface area contributed by atoms with Gasteiger partial charge in [0.15, 0.2) is 0 Å². The minimum atomic E-state index is -0.0823. The molecule has 2 rings (SSSR count). The summed E-state index contributed by atoms with van der Waals surface area (Å²) in [5.41, 5.74) is 0.637. The highest BCUT2D eigenvalue weighted by Crippen LogP contribution is 2.28. The zero-order valence-electron chi connectivity index (χ0n) is 11.1. The molecule has 0 aliphatic carbocycles. The quantitative estimate of drug-likeness (QED) is 0.914. The number of anilines is 1. The third kappa shape index (κ3) is 3.77. The average molecular weight is 283 g/mol. The van der Waals surface area contributed by atoms with E-state index in [2.05, 4.69) is 5.32 Å². The van der Waals surface area contributed by atoms with Crippen LogP contribution in [0.5, 0.6) is 5.75 Å². The summed E-state index contributed by atoms with van der Waals surface area (Å²) in [6.07, 6.45) is 3.06. The van der Waals surface area contributed by atoms with Crippen LogP contribution in [-0.4, -0.2) is 30.6 Å². The Kier molecular flexibility index (Phi) is 4.91. The van der Waals surface area contributed by atoms with Gasteiger partial charge in [0.1, 0.15) is 5.75 Å². The molecule has 2 amide bonds. The topological polar surface area (TPSA) is 41.6 Å². The lowest BCUT2D eigenvalue weighted by atomic mass is 10.3. The molecule has 0 saturated carbocycles. The van der Waals surface area contributed by atoms with Crippen LogP contribution >= 0.6 is 11.6 Å². The number of halogens is 1. The summed E-state index contributed by atoms with van der Waals surface area (Å²) < 4.78 is 5.61. The van der Waals surface area contributed by atoms with E-state index in [1.165, 1.54) is 0 Å². The first-order chi connectivity index (χ1) is 9.20. The SMILES string of the molecule is CCCOc1ccc(Cl)cc1NC(=O)N1CCCC1. The van der Waals surface area contributed by atoms with Gasteiger partial charge >= 0.3 is 6.03 Å². The number of hydrogen-bond acceptors (Lipinski definition) is 2. The molecular weight excluding hydrogens is 264 g/mol. The van der Waals surface area contributed by atoms with Crippen LogP contribution in [0.2, 0.25) is 5.02 Å². The smallest absolute Gasteiger partial charge is 0.321 e. The van der Waals surface area contributed by atoms with E-state index < -0.39 is 0 Å². The monoisotopic (exact) mass is 282 g/mol. The van der Waals surface area contributed by atoms with Gasteiger partial charge in [0.2, 0.25) is 0 Å². The molecular formula is C14H19ClN2O2. The highest BCUT2D eigenvalue weighted by molar-refractivity contribution is 6.31. The van der Waals surface area contributed by atoms with Crippen LogP contribution in [0.3, 0.4) is 0 Å². The second kappa shape index (κ2) is 6.66. The predicted octanol–water partition coefficient (Wildman–Crippen LogP) is 3.76. The average Bonchev–Trinajstić information content (AvgIpc) is 2.92. The van der Waals surface area contributed by atoms with E-state index in [9.17, 15) is 4.79 Å². The Balaban J connectivity index is 2.08. The Morgan fingerprint density at radius 1 is 1.42 bits per heavy atom. The molecule has 0 unspecified atom stereocenters. The number of nitrogens with one attached hydrogen (secondary N) is 1. The van der Waals surface area contributed by atoms with Gasteiger partial charge in [0.05, 0.1) is 12.3 Å². The van der Waals surface area contributed by atoms with Gasteiger partial charge < -0.3 is 15.0 Å². The molecule has 1 N–H and O–H groups in total. The van der Waals surface area contributed by atoms with Crippen molar-refractivity contribution >= 4 is 23.3 Å². The Labute approximate surface area is 118 Å². The molecule has 5 heteroatoms. The Hall–Kier alpha value is -1.42. The number of hydrogen-bond donors (Lipinski definition) is 1. The Morgan fingerprint density at radius 2 is 2.16 bits per heavy atom. The van der Waals surface area contributed by atoms with E-state index in [0.717, 1.165) is 32.4 Å². The van der Waals surface area contributed by atoms with Crippen LogP contribution in [0.15, 0.2) is 18.2 Å². The zero-order chi connectivity index (χ0) is 13.7. The number of benzene rings is 1. The van der Waals surface area contributed by atoms with E-state index in [1.54, 1.807) is 18.2 Å². The molecule has 104 valence electrons. The molecule has 19 heavy (non-hydrogen) atoms. The van der Waals surface area contributed by atoms with Crippen LogP contribution in [0.4, 0.5) is 10.5 Å². The Bertz CT molecular complexity index is 445. The van der Waals surface area contributed by atoms with Crippen LogP contribution < -0.4 is 10.1 Å². The van der Waals surface area contributed by atoms with Gasteiger partial charge in [-0.1, -0.05) is 18.5 Å². The number of ether oxygens (including phenoxy) is 1. The minimum absolute atomic E-state index is 0.0823. The first-order valence-corrected chi connectivity index (χ1v) is 7.07. The molecule has 1 aromatic rings. The summed E-state index contributed by atoms with van der Waals surface area (Å²) in [7, 11) is 0. The molecule has 0 aromatic heterocycles. The number of urea groups is 1. The molecule has 1 fully saturated rings. The van der Waals surface area contributed by atoms with Gasteiger partial charge in [0.25, 0.3) is 0 Å². The second-order valence-corrected chi connectivity index (χ2v) is 5.05. The summed E-state index contributed by atoms with van der Waals surface area (Å²) in [5.74, 6) is 0.666. The fraction of sp³-hybridized carbons (Fsp3) is 0.500. The minimum Gasteiger partial charge on any atom is -0.491 e. The molecule has 0 atom stereocenters. The lowest BCUT2D eigenvalue weighted by Crippen LogP contribution is -2.32. The maximum Gasteiger partial charge on any atom is 0.321 e. The fourth-order valence-corrected chi connectivity index (χ4v) is 2.22. The first kappa shape index (κ1) is 14.0. The maximum absolute atomic E-state index is 12.1. The summed E-state index contributed by atoms with van der Waals surface area (Å²) in [6.45, 7) is 4.29. The summed E-state index contributed by atoms with van der Waals surface area (Å²) in [4.78, 5) is 13.9. The molecule has 0 bridgehead atoms.